The van der Waals surface area contributed by atoms with Crippen LogP contribution in [0.25, 0.3) is 0 Å². The van der Waals surface area contributed by atoms with Gasteiger partial charge in [-0.1, -0.05) is 24.3 Å². The van der Waals surface area contributed by atoms with Crippen molar-refractivity contribution in [2.75, 3.05) is 6.61 Å². The number of carbonyl (C=O) groups excluding carboxylic acids is 1. The van der Waals surface area contributed by atoms with Gasteiger partial charge < -0.3 is 15.8 Å². The summed E-state index contributed by atoms with van der Waals surface area (Å²) in [5.74, 6) is 0.390. The maximum atomic E-state index is 11.2. The van der Waals surface area contributed by atoms with Gasteiger partial charge in [-0.2, -0.15) is 5.26 Å². The number of nitrogens with two attached hydrogens (primary N) is 1. The Labute approximate surface area is 142 Å². The highest BCUT2D eigenvalue weighted by Gasteiger charge is 2.02. The van der Waals surface area contributed by atoms with Gasteiger partial charge in [0.25, 0.3) is 0 Å². The predicted octanol–water partition coefficient (Wildman–Crippen LogP) is 2.76. The summed E-state index contributed by atoms with van der Waals surface area (Å²) in [4.78, 5) is 11.2. The SMILES string of the molecule is N#CCCCOc1cccc(CNCc2cccc(C(N)=O)c2)c1. The molecule has 2 aromatic carbocycles. The van der Waals surface area contributed by atoms with Crippen LogP contribution in [0.4, 0.5) is 0 Å². The van der Waals surface area contributed by atoms with E-state index in [2.05, 4.69) is 11.4 Å². The fourth-order valence-electron chi connectivity index (χ4n) is 2.27. The summed E-state index contributed by atoms with van der Waals surface area (Å²) in [6, 6.07) is 17.2. The van der Waals surface area contributed by atoms with Gasteiger partial charge in [0.15, 0.2) is 0 Å². The molecule has 0 fully saturated rings. The van der Waals surface area contributed by atoms with Crippen LogP contribution < -0.4 is 15.8 Å². The summed E-state index contributed by atoms with van der Waals surface area (Å²) >= 11 is 0. The van der Waals surface area contributed by atoms with Crippen molar-refractivity contribution in [2.45, 2.75) is 25.9 Å². The first-order valence-corrected chi connectivity index (χ1v) is 7.87. The number of nitriles is 1. The second-order valence-electron chi connectivity index (χ2n) is 5.43. The number of carbonyl (C=O) groups is 1. The molecule has 5 nitrogen and oxygen atoms in total. The molecule has 0 atom stereocenters. The highest BCUT2D eigenvalue weighted by Crippen LogP contribution is 2.14. The van der Waals surface area contributed by atoms with Gasteiger partial charge in [-0.15, -0.1) is 0 Å². The maximum absolute atomic E-state index is 11.2. The third-order valence-electron chi connectivity index (χ3n) is 3.47. The molecule has 0 saturated carbocycles. The molecule has 0 saturated heterocycles. The van der Waals surface area contributed by atoms with Gasteiger partial charge in [0, 0.05) is 25.1 Å². The Morgan fingerprint density at radius 3 is 2.54 bits per heavy atom. The minimum Gasteiger partial charge on any atom is -0.494 e. The van der Waals surface area contributed by atoms with Gasteiger partial charge in [0.1, 0.15) is 5.75 Å². The van der Waals surface area contributed by atoms with E-state index >= 15 is 0 Å². The molecule has 0 spiro atoms. The number of benzene rings is 2. The van der Waals surface area contributed by atoms with Crippen molar-refractivity contribution >= 4 is 5.91 Å². The Morgan fingerprint density at radius 1 is 1.12 bits per heavy atom. The van der Waals surface area contributed by atoms with Gasteiger partial charge in [0.2, 0.25) is 5.91 Å². The molecule has 5 heteroatoms. The molecule has 2 rings (SSSR count). The van der Waals surface area contributed by atoms with E-state index in [1.807, 2.05) is 36.4 Å². The molecule has 0 radical (unpaired) electrons. The van der Waals surface area contributed by atoms with Gasteiger partial charge in [-0.25, -0.2) is 0 Å². The van der Waals surface area contributed by atoms with E-state index < -0.39 is 5.91 Å². The summed E-state index contributed by atoms with van der Waals surface area (Å²) in [5, 5.41) is 11.8. The van der Waals surface area contributed by atoms with Gasteiger partial charge >= 0.3 is 0 Å². The molecule has 2 aromatic rings. The van der Waals surface area contributed by atoms with Crippen molar-refractivity contribution in [3.8, 4) is 11.8 Å². The third kappa shape index (κ3) is 5.75. The number of hydrogen-bond donors (Lipinski definition) is 2. The van der Waals surface area contributed by atoms with Crippen molar-refractivity contribution in [1.29, 1.82) is 5.26 Å². The van der Waals surface area contributed by atoms with Gasteiger partial charge in [-0.3, -0.25) is 4.79 Å². The van der Waals surface area contributed by atoms with Crippen molar-refractivity contribution in [3.63, 3.8) is 0 Å². The van der Waals surface area contributed by atoms with Crippen LogP contribution in [-0.4, -0.2) is 12.5 Å². The molecule has 0 aliphatic heterocycles. The Bertz CT molecular complexity index is 723. The zero-order valence-corrected chi connectivity index (χ0v) is 13.5. The summed E-state index contributed by atoms with van der Waals surface area (Å²) in [5.41, 5.74) is 7.92. The van der Waals surface area contributed by atoms with E-state index in [1.54, 1.807) is 12.1 Å². The van der Waals surface area contributed by atoms with Gasteiger partial charge in [-0.05, 0) is 41.8 Å². The summed E-state index contributed by atoms with van der Waals surface area (Å²) < 4.78 is 5.63. The number of nitrogens with zero attached hydrogens (tertiary/aromatic N) is 1. The molecule has 0 bridgehead atoms. The first-order chi connectivity index (χ1) is 11.7. The molecule has 0 aliphatic rings. The van der Waals surface area contributed by atoms with Crippen molar-refractivity contribution in [1.82, 2.24) is 5.32 Å². The van der Waals surface area contributed by atoms with E-state index in [0.717, 1.165) is 23.3 Å². The normalized spacial score (nSPS) is 10.1. The number of unbranched alkanes of at least 4 members (excludes halogenated alkanes) is 1. The Kier molecular flexibility index (Phi) is 6.81. The second kappa shape index (κ2) is 9.33. The molecule has 0 heterocycles. The van der Waals surface area contributed by atoms with E-state index in [0.29, 0.717) is 31.7 Å². The third-order valence-corrected chi connectivity index (χ3v) is 3.47. The number of rotatable bonds is 9. The zero-order chi connectivity index (χ0) is 17.2. The van der Waals surface area contributed by atoms with E-state index in [1.165, 1.54) is 0 Å². The summed E-state index contributed by atoms with van der Waals surface area (Å²) in [7, 11) is 0. The summed E-state index contributed by atoms with van der Waals surface area (Å²) in [6.07, 6.45) is 1.24. The number of primary amides is 1. The average molecular weight is 323 g/mol. The molecular weight excluding hydrogens is 302 g/mol. The van der Waals surface area contributed by atoms with Crippen LogP contribution in [0.5, 0.6) is 5.75 Å². The average Bonchev–Trinajstić information content (AvgIpc) is 2.59. The molecule has 1 amide bonds. The van der Waals surface area contributed by atoms with Crippen LogP contribution in [0, 0.1) is 11.3 Å². The van der Waals surface area contributed by atoms with E-state index in [9.17, 15) is 4.79 Å². The van der Waals surface area contributed by atoms with Crippen LogP contribution in [-0.2, 0) is 13.1 Å². The largest absolute Gasteiger partial charge is 0.494 e. The predicted molar refractivity (Wildman–Crippen MR) is 92.3 cm³/mol. The van der Waals surface area contributed by atoms with Crippen LogP contribution in [0.2, 0.25) is 0 Å². The number of nitrogens with one attached hydrogen (secondary N) is 1. The lowest BCUT2D eigenvalue weighted by atomic mass is 10.1. The van der Waals surface area contributed by atoms with Crippen molar-refractivity contribution in [2.24, 2.45) is 5.73 Å². The maximum Gasteiger partial charge on any atom is 0.248 e. The fourth-order valence-corrected chi connectivity index (χ4v) is 2.27. The molecule has 0 unspecified atom stereocenters. The van der Waals surface area contributed by atoms with Crippen molar-refractivity contribution < 1.29 is 9.53 Å². The van der Waals surface area contributed by atoms with Crippen LogP contribution in [0.3, 0.4) is 0 Å². The topological polar surface area (TPSA) is 88.1 Å². The lowest BCUT2D eigenvalue weighted by Crippen LogP contribution is -2.15. The fraction of sp³-hybridized carbons (Fsp3) is 0.263. The second-order valence-corrected chi connectivity index (χ2v) is 5.43. The number of ether oxygens (including phenoxy) is 1. The highest BCUT2D eigenvalue weighted by molar-refractivity contribution is 5.92. The van der Waals surface area contributed by atoms with Crippen LogP contribution in [0.1, 0.15) is 34.3 Å². The van der Waals surface area contributed by atoms with Crippen LogP contribution >= 0.6 is 0 Å². The number of hydrogen-bond acceptors (Lipinski definition) is 4. The lowest BCUT2D eigenvalue weighted by molar-refractivity contribution is 0.1000. The van der Waals surface area contributed by atoms with E-state index in [-0.39, 0.29) is 0 Å². The quantitative estimate of drug-likeness (QED) is 0.695. The summed E-state index contributed by atoms with van der Waals surface area (Å²) in [6.45, 7) is 1.88. The van der Waals surface area contributed by atoms with Crippen LogP contribution in [0.15, 0.2) is 48.5 Å². The van der Waals surface area contributed by atoms with Crippen molar-refractivity contribution in [3.05, 3.63) is 65.2 Å². The Morgan fingerprint density at radius 2 is 1.83 bits per heavy atom. The minimum absolute atomic E-state index is 0.418. The highest BCUT2D eigenvalue weighted by atomic mass is 16.5. The Balaban J connectivity index is 1.83. The number of amides is 1. The first kappa shape index (κ1) is 17.5. The Hall–Kier alpha value is -2.84. The standard InChI is InChI=1S/C19H21N3O2/c20-9-1-2-10-24-18-8-4-6-16(12-18)14-22-13-15-5-3-7-17(11-15)19(21)23/h3-8,11-12,22H,1-2,10,13-14H2,(H2,21,23). The van der Waals surface area contributed by atoms with Gasteiger partial charge in [0.05, 0.1) is 12.7 Å². The molecule has 124 valence electrons. The zero-order valence-electron chi connectivity index (χ0n) is 13.5. The molecule has 24 heavy (non-hydrogen) atoms. The monoisotopic (exact) mass is 323 g/mol. The minimum atomic E-state index is -0.418. The first-order valence-electron chi connectivity index (χ1n) is 7.87. The molecule has 0 aliphatic carbocycles. The smallest absolute Gasteiger partial charge is 0.248 e. The molecule has 0 aromatic heterocycles. The molecule has 3 N–H and O–H groups in total. The molecular formula is C19H21N3O2. The van der Waals surface area contributed by atoms with E-state index in [4.69, 9.17) is 15.7 Å². The lowest BCUT2D eigenvalue weighted by Gasteiger charge is -2.09.